The number of amides is 4. The lowest BCUT2D eigenvalue weighted by atomic mass is 9.83. The molecule has 6 N–H and O–H groups in total. The van der Waals surface area contributed by atoms with Crippen LogP contribution in [0.5, 0.6) is 0 Å². The summed E-state index contributed by atoms with van der Waals surface area (Å²) in [6, 6.07) is 12.6. The smallest absolute Gasteiger partial charge is 0.248 e. The van der Waals surface area contributed by atoms with Crippen molar-refractivity contribution in [2.45, 2.75) is 78.1 Å². The highest BCUT2D eigenvalue weighted by Crippen LogP contribution is 2.41. The molecule has 3 rings (SSSR count). The van der Waals surface area contributed by atoms with Gasteiger partial charge in [0.25, 0.3) is 0 Å². The van der Waals surface area contributed by atoms with Gasteiger partial charge in [-0.1, -0.05) is 51.1 Å². The lowest BCUT2D eigenvalue weighted by Gasteiger charge is -2.41. The number of aliphatic hydroxyl groups excluding tert-OH is 2. The molecule has 266 valence electrons. The quantitative estimate of drug-likeness (QED) is 0.137. The van der Waals surface area contributed by atoms with Crippen LogP contribution >= 0.6 is 0 Å². The molecule has 0 aliphatic heterocycles. The Balaban J connectivity index is 1.90. The van der Waals surface area contributed by atoms with Gasteiger partial charge in [0.05, 0.1) is 18.6 Å². The number of primary amides is 1. The monoisotopic (exact) mass is 683 g/mol. The number of aromatic nitrogens is 1. The van der Waals surface area contributed by atoms with Gasteiger partial charge in [-0.15, -0.1) is 0 Å². The van der Waals surface area contributed by atoms with E-state index in [-0.39, 0.29) is 37.9 Å². The fraction of sp³-hybridized carbons (Fsp3) is 0.444. The van der Waals surface area contributed by atoms with Gasteiger partial charge in [-0.2, -0.15) is 0 Å². The lowest BCUT2D eigenvalue weighted by Crippen LogP contribution is -2.49. The van der Waals surface area contributed by atoms with Crippen LogP contribution in [0.15, 0.2) is 60.8 Å². The zero-order valence-corrected chi connectivity index (χ0v) is 28.4. The van der Waals surface area contributed by atoms with E-state index < -0.39 is 71.9 Å². The SMILES string of the molecule is CC(O)CCC(=O)N[C@@H](CC(N)=O)C(=O)NCCCN(C(=O)CO)[C@@H](c1cc(-c2cc(F)ccc2F)cn1Cc1ccccc1)C(C)(C)C. The number of hydrogen-bond donors (Lipinski definition) is 5. The molecule has 1 heterocycles. The van der Waals surface area contributed by atoms with Crippen molar-refractivity contribution in [3.63, 3.8) is 0 Å². The van der Waals surface area contributed by atoms with E-state index in [1.165, 1.54) is 11.8 Å². The summed E-state index contributed by atoms with van der Waals surface area (Å²) < 4.78 is 31.1. The number of nitrogens with two attached hydrogens (primary N) is 1. The van der Waals surface area contributed by atoms with E-state index in [0.717, 1.165) is 23.8 Å². The predicted molar refractivity (Wildman–Crippen MR) is 181 cm³/mol. The Labute approximate surface area is 285 Å². The van der Waals surface area contributed by atoms with E-state index in [0.29, 0.717) is 17.8 Å². The Morgan fingerprint density at radius 3 is 2.35 bits per heavy atom. The molecule has 0 aliphatic carbocycles. The third-order valence-corrected chi connectivity index (χ3v) is 7.95. The molecule has 0 radical (unpaired) electrons. The molecule has 4 amide bonds. The summed E-state index contributed by atoms with van der Waals surface area (Å²) in [7, 11) is 0. The van der Waals surface area contributed by atoms with Crippen molar-refractivity contribution in [3.05, 3.63) is 83.7 Å². The fourth-order valence-electron chi connectivity index (χ4n) is 5.70. The van der Waals surface area contributed by atoms with Crippen molar-refractivity contribution in [1.82, 2.24) is 20.1 Å². The maximum atomic E-state index is 15.0. The zero-order chi connectivity index (χ0) is 36.3. The molecule has 0 saturated carbocycles. The van der Waals surface area contributed by atoms with Crippen LogP contribution in [0.1, 0.15) is 70.7 Å². The minimum atomic E-state index is -1.22. The molecule has 3 aromatic rings. The number of carbonyl (C=O) groups excluding carboxylic acids is 4. The number of nitrogens with one attached hydrogen (secondary N) is 2. The van der Waals surface area contributed by atoms with Gasteiger partial charge in [0.1, 0.15) is 24.3 Å². The standard InChI is InChI=1S/C36H47F2N5O6/c1-23(45)11-14-32(47)41-29(19-31(39)46)35(49)40-15-8-16-43(33(48)22-44)34(36(2,3)4)30-17-25(27-18-26(37)12-13-28(27)38)21-42(30)20-24-9-6-5-7-10-24/h5-7,9-10,12-13,17-18,21,23,29,34,44-45H,8,11,14-16,19-20,22H2,1-4H3,(H2,39,46)(H,40,49)(H,41,47)/t23?,29-,34-/m0/s1. The number of nitrogens with zero attached hydrogens (tertiary/aromatic N) is 2. The van der Waals surface area contributed by atoms with E-state index in [9.17, 15) is 38.2 Å². The number of halogens is 2. The number of carbonyl (C=O) groups is 4. The van der Waals surface area contributed by atoms with Gasteiger partial charge in [-0.05, 0) is 55.0 Å². The molecule has 2 aromatic carbocycles. The number of benzene rings is 2. The molecule has 13 heteroatoms. The van der Waals surface area contributed by atoms with Crippen molar-refractivity contribution in [2.75, 3.05) is 19.7 Å². The van der Waals surface area contributed by atoms with E-state index >= 15 is 0 Å². The van der Waals surface area contributed by atoms with Crippen molar-refractivity contribution in [2.24, 2.45) is 11.1 Å². The van der Waals surface area contributed by atoms with E-state index in [2.05, 4.69) is 10.6 Å². The van der Waals surface area contributed by atoms with Crippen LogP contribution in [0.3, 0.4) is 0 Å². The highest BCUT2D eigenvalue weighted by molar-refractivity contribution is 5.91. The van der Waals surface area contributed by atoms with Crippen molar-refractivity contribution in [1.29, 1.82) is 0 Å². The Morgan fingerprint density at radius 2 is 1.73 bits per heavy atom. The summed E-state index contributed by atoms with van der Waals surface area (Å²) in [6.45, 7) is 7.01. The lowest BCUT2D eigenvalue weighted by molar-refractivity contribution is -0.139. The van der Waals surface area contributed by atoms with Gasteiger partial charge >= 0.3 is 0 Å². The van der Waals surface area contributed by atoms with Crippen molar-refractivity contribution >= 4 is 23.6 Å². The molecule has 0 spiro atoms. The molecule has 0 saturated heterocycles. The summed E-state index contributed by atoms with van der Waals surface area (Å²) in [6.07, 6.45) is 0.926. The molecular weight excluding hydrogens is 636 g/mol. The van der Waals surface area contributed by atoms with Gasteiger partial charge in [-0.25, -0.2) is 8.78 Å². The summed E-state index contributed by atoms with van der Waals surface area (Å²) in [5.74, 6) is -3.74. The molecule has 1 aromatic heterocycles. The third-order valence-electron chi connectivity index (χ3n) is 7.95. The van der Waals surface area contributed by atoms with Gasteiger partial charge in [0.2, 0.25) is 23.6 Å². The molecule has 49 heavy (non-hydrogen) atoms. The summed E-state index contributed by atoms with van der Waals surface area (Å²) in [5, 5.41) is 24.6. The first-order valence-electron chi connectivity index (χ1n) is 16.2. The number of aliphatic hydroxyl groups is 2. The topological polar surface area (TPSA) is 167 Å². The molecule has 0 bridgehead atoms. The second kappa shape index (κ2) is 17.7. The second-order valence-corrected chi connectivity index (χ2v) is 13.2. The van der Waals surface area contributed by atoms with Crippen LogP contribution in [-0.2, 0) is 25.7 Å². The average molecular weight is 684 g/mol. The van der Waals surface area contributed by atoms with Crippen molar-refractivity contribution < 1.29 is 38.2 Å². The first-order valence-corrected chi connectivity index (χ1v) is 16.2. The van der Waals surface area contributed by atoms with Crippen LogP contribution in [0, 0.1) is 17.0 Å². The molecule has 1 unspecified atom stereocenters. The van der Waals surface area contributed by atoms with Crippen LogP contribution in [0.25, 0.3) is 11.1 Å². The molecule has 3 atom stereocenters. The van der Waals surface area contributed by atoms with E-state index in [1.807, 2.05) is 55.7 Å². The molecular formula is C36H47F2N5O6. The Kier molecular flexibility index (Phi) is 14.0. The largest absolute Gasteiger partial charge is 0.393 e. The summed E-state index contributed by atoms with van der Waals surface area (Å²) in [5.41, 5.74) is 6.71. The summed E-state index contributed by atoms with van der Waals surface area (Å²) >= 11 is 0. The van der Waals surface area contributed by atoms with Gasteiger partial charge in [0.15, 0.2) is 0 Å². The Morgan fingerprint density at radius 1 is 1.04 bits per heavy atom. The van der Waals surface area contributed by atoms with Crippen LogP contribution in [0.4, 0.5) is 8.78 Å². The first-order chi connectivity index (χ1) is 23.1. The minimum Gasteiger partial charge on any atom is -0.393 e. The molecule has 0 aliphatic rings. The number of hydrogen-bond acceptors (Lipinski definition) is 6. The highest BCUT2D eigenvalue weighted by Gasteiger charge is 2.37. The van der Waals surface area contributed by atoms with E-state index in [1.54, 1.807) is 12.3 Å². The highest BCUT2D eigenvalue weighted by atomic mass is 19.1. The Hall–Kier alpha value is -4.62. The minimum absolute atomic E-state index is 0.0494. The molecule has 11 nitrogen and oxygen atoms in total. The fourth-order valence-corrected chi connectivity index (χ4v) is 5.70. The van der Waals surface area contributed by atoms with Crippen molar-refractivity contribution in [3.8, 4) is 11.1 Å². The average Bonchev–Trinajstić information content (AvgIpc) is 3.43. The Bertz CT molecular complexity index is 1590. The van der Waals surface area contributed by atoms with Gasteiger partial charge in [-0.3, -0.25) is 19.2 Å². The normalized spacial score (nSPS) is 13.3. The number of rotatable bonds is 17. The maximum Gasteiger partial charge on any atom is 0.248 e. The summed E-state index contributed by atoms with van der Waals surface area (Å²) in [4.78, 5) is 51.7. The van der Waals surface area contributed by atoms with E-state index in [4.69, 9.17) is 5.73 Å². The van der Waals surface area contributed by atoms with Gasteiger partial charge < -0.3 is 36.0 Å². The van der Waals surface area contributed by atoms with Crippen LogP contribution < -0.4 is 16.4 Å². The van der Waals surface area contributed by atoms with Crippen LogP contribution in [-0.4, -0.2) is 75.2 Å². The predicted octanol–water partition coefficient (Wildman–Crippen LogP) is 3.42. The van der Waals surface area contributed by atoms with Gasteiger partial charge in [0, 0.05) is 49.1 Å². The first kappa shape index (κ1) is 38.8. The molecule has 0 fully saturated rings. The third kappa shape index (κ3) is 11.5. The second-order valence-electron chi connectivity index (χ2n) is 13.2. The zero-order valence-electron chi connectivity index (χ0n) is 28.4. The van der Waals surface area contributed by atoms with Crippen LogP contribution in [0.2, 0.25) is 0 Å². The maximum absolute atomic E-state index is 15.0.